The first-order valence-electron chi connectivity index (χ1n) is 7.75. The zero-order valence-electron chi connectivity index (χ0n) is 12.9. The molecule has 1 aromatic carbocycles. The first-order chi connectivity index (χ1) is 10.1. The molecule has 0 bridgehead atoms. The van der Waals surface area contributed by atoms with E-state index in [-0.39, 0.29) is 17.9 Å². The molecule has 0 unspecified atom stereocenters. The fourth-order valence-electron chi connectivity index (χ4n) is 3.87. The Morgan fingerprint density at radius 3 is 2.67 bits per heavy atom. The number of benzene rings is 1. The molecule has 2 heterocycles. The van der Waals surface area contributed by atoms with Gasteiger partial charge in [-0.2, -0.15) is 5.26 Å². The highest BCUT2D eigenvalue weighted by molar-refractivity contribution is 5.30. The van der Waals surface area contributed by atoms with Gasteiger partial charge >= 0.3 is 0 Å². The normalized spacial score (nSPS) is 35.0. The molecule has 1 fully saturated rings. The molecular weight excluding hydrogens is 260 g/mol. The summed E-state index contributed by atoms with van der Waals surface area (Å²) in [6.45, 7) is 6.48. The van der Waals surface area contributed by atoms with Gasteiger partial charge in [0.15, 0.2) is 0 Å². The Morgan fingerprint density at radius 1 is 1.33 bits per heavy atom. The highest BCUT2D eigenvalue weighted by Crippen LogP contribution is 2.50. The van der Waals surface area contributed by atoms with E-state index in [1.54, 1.807) is 0 Å². The van der Waals surface area contributed by atoms with E-state index in [1.807, 2.05) is 18.2 Å². The SMILES string of the molecule is CC[C@@]12C[C@H](C)C=C(C#N)N1[C@@H](C)[C@@H](c1ccccc1)O2. The van der Waals surface area contributed by atoms with E-state index in [0.29, 0.717) is 5.92 Å². The molecule has 0 N–H and O–H groups in total. The van der Waals surface area contributed by atoms with Crippen molar-refractivity contribution in [1.29, 1.82) is 5.26 Å². The highest BCUT2D eigenvalue weighted by atomic mass is 16.5. The molecule has 2 aliphatic heterocycles. The first-order valence-corrected chi connectivity index (χ1v) is 7.75. The molecule has 21 heavy (non-hydrogen) atoms. The number of ether oxygens (including phenoxy) is 1. The number of fused-ring (bicyclic) bond motifs is 1. The van der Waals surface area contributed by atoms with Gasteiger partial charge in [-0.25, -0.2) is 0 Å². The Bertz CT molecular complexity index is 589. The van der Waals surface area contributed by atoms with E-state index >= 15 is 0 Å². The average Bonchev–Trinajstić information content (AvgIpc) is 2.81. The van der Waals surface area contributed by atoms with Crippen LogP contribution in [0.15, 0.2) is 42.1 Å². The van der Waals surface area contributed by atoms with Crippen LogP contribution in [-0.2, 0) is 4.74 Å². The van der Waals surface area contributed by atoms with Crippen molar-refractivity contribution in [2.45, 2.75) is 51.5 Å². The number of nitriles is 1. The fraction of sp³-hybridized carbons (Fsp3) is 0.500. The number of rotatable bonds is 2. The Kier molecular flexibility index (Phi) is 3.51. The van der Waals surface area contributed by atoms with Crippen molar-refractivity contribution in [1.82, 2.24) is 4.90 Å². The number of hydrogen-bond donors (Lipinski definition) is 0. The lowest BCUT2D eigenvalue weighted by Gasteiger charge is -2.43. The molecule has 0 amide bonds. The predicted octanol–water partition coefficient (Wildman–Crippen LogP) is 4.00. The maximum absolute atomic E-state index is 9.52. The molecule has 0 spiro atoms. The number of allylic oxidation sites excluding steroid dienone is 2. The standard InChI is InChI=1S/C18H22N2O/c1-4-18-11-13(2)10-16(12-19)20(18)14(3)17(21-18)15-8-6-5-7-9-15/h5-10,13-14,17H,4,11H2,1-3H3/t13-,14+,17+,18-/m1/s1. The van der Waals surface area contributed by atoms with Crippen LogP contribution in [0.4, 0.5) is 0 Å². The van der Waals surface area contributed by atoms with Crippen molar-refractivity contribution in [2.75, 3.05) is 0 Å². The van der Waals surface area contributed by atoms with Crippen LogP contribution in [0.5, 0.6) is 0 Å². The molecule has 0 radical (unpaired) electrons. The van der Waals surface area contributed by atoms with Crippen LogP contribution in [0, 0.1) is 17.2 Å². The Labute approximate surface area is 126 Å². The summed E-state index contributed by atoms with van der Waals surface area (Å²) in [5.74, 6) is 0.373. The summed E-state index contributed by atoms with van der Waals surface area (Å²) in [5.41, 5.74) is 1.62. The summed E-state index contributed by atoms with van der Waals surface area (Å²) in [6, 6.07) is 12.9. The zero-order valence-corrected chi connectivity index (χ0v) is 12.9. The quantitative estimate of drug-likeness (QED) is 0.822. The van der Waals surface area contributed by atoms with Gasteiger partial charge in [0.05, 0.1) is 6.04 Å². The third-order valence-electron chi connectivity index (χ3n) is 4.77. The van der Waals surface area contributed by atoms with Gasteiger partial charge in [-0.15, -0.1) is 0 Å². The van der Waals surface area contributed by atoms with E-state index in [0.717, 1.165) is 18.5 Å². The Morgan fingerprint density at radius 2 is 2.05 bits per heavy atom. The van der Waals surface area contributed by atoms with Crippen molar-refractivity contribution in [2.24, 2.45) is 5.92 Å². The number of hydrogen-bond acceptors (Lipinski definition) is 3. The largest absolute Gasteiger partial charge is 0.346 e. The van der Waals surface area contributed by atoms with Gasteiger partial charge in [-0.3, -0.25) is 0 Å². The van der Waals surface area contributed by atoms with Crippen molar-refractivity contribution >= 4 is 0 Å². The summed E-state index contributed by atoms with van der Waals surface area (Å²) < 4.78 is 6.54. The lowest BCUT2D eigenvalue weighted by Crippen LogP contribution is -2.49. The topological polar surface area (TPSA) is 36.3 Å². The molecule has 0 aromatic heterocycles. The molecular formula is C18H22N2O. The summed E-state index contributed by atoms with van der Waals surface area (Å²) in [7, 11) is 0. The number of nitrogens with zero attached hydrogens (tertiary/aromatic N) is 2. The fourth-order valence-corrected chi connectivity index (χ4v) is 3.87. The predicted molar refractivity (Wildman–Crippen MR) is 82.1 cm³/mol. The molecule has 3 rings (SSSR count). The van der Waals surface area contributed by atoms with E-state index < -0.39 is 0 Å². The Hall–Kier alpha value is -1.79. The second-order valence-electron chi connectivity index (χ2n) is 6.20. The minimum absolute atomic E-state index is 0.0215. The van der Waals surface area contributed by atoms with Gasteiger partial charge in [0.1, 0.15) is 23.6 Å². The van der Waals surface area contributed by atoms with Crippen molar-refractivity contribution < 1.29 is 4.74 Å². The van der Waals surface area contributed by atoms with Crippen LogP contribution in [0.3, 0.4) is 0 Å². The third kappa shape index (κ3) is 2.15. The Balaban J connectivity index is 2.03. The van der Waals surface area contributed by atoms with Crippen LogP contribution < -0.4 is 0 Å². The molecule has 1 aromatic rings. The van der Waals surface area contributed by atoms with Crippen molar-refractivity contribution in [3.05, 3.63) is 47.7 Å². The van der Waals surface area contributed by atoms with Crippen molar-refractivity contribution in [3.63, 3.8) is 0 Å². The van der Waals surface area contributed by atoms with E-state index in [1.165, 1.54) is 5.56 Å². The molecule has 3 nitrogen and oxygen atoms in total. The van der Waals surface area contributed by atoms with Crippen LogP contribution in [0.2, 0.25) is 0 Å². The van der Waals surface area contributed by atoms with Crippen molar-refractivity contribution in [3.8, 4) is 6.07 Å². The monoisotopic (exact) mass is 282 g/mol. The van der Waals surface area contributed by atoms with Crippen LogP contribution in [0.1, 0.15) is 45.3 Å². The first kappa shape index (κ1) is 14.2. The van der Waals surface area contributed by atoms with Crippen LogP contribution in [0.25, 0.3) is 0 Å². The van der Waals surface area contributed by atoms with Gasteiger partial charge in [0, 0.05) is 6.42 Å². The zero-order chi connectivity index (χ0) is 15.0. The van der Waals surface area contributed by atoms with E-state index in [2.05, 4.69) is 49.9 Å². The molecule has 2 aliphatic rings. The molecule has 110 valence electrons. The van der Waals surface area contributed by atoms with Gasteiger partial charge < -0.3 is 9.64 Å². The van der Waals surface area contributed by atoms with Gasteiger partial charge in [0.25, 0.3) is 0 Å². The lowest BCUT2D eigenvalue weighted by atomic mass is 9.89. The maximum Gasteiger partial charge on any atom is 0.143 e. The summed E-state index contributed by atoms with van der Waals surface area (Å²) in [4.78, 5) is 2.21. The van der Waals surface area contributed by atoms with E-state index in [9.17, 15) is 5.26 Å². The highest BCUT2D eigenvalue weighted by Gasteiger charge is 2.53. The smallest absolute Gasteiger partial charge is 0.143 e. The molecule has 1 saturated heterocycles. The summed E-state index contributed by atoms with van der Waals surface area (Å²) in [6.07, 6.45) is 3.95. The van der Waals surface area contributed by atoms with Crippen LogP contribution >= 0.6 is 0 Å². The summed E-state index contributed by atoms with van der Waals surface area (Å²) in [5, 5.41) is 9.52. The third-order valence-corrected chi connectivity index (χ3v) is 4.77. The average molecular weight is 282 g/mol. The molecule has 0 aliphatic carbocycles. The molecule has 4 atom stereocenters. The summed E-state index contributed by atoms with van der Waals surface area (Å²) >= 11 is 0. The van der Waals surface area contributed by atoms with Gasteiger partial charge in [0.2, 0.25) is 0 Å². The van der Waals surface area contributed by atoms with Crippen LogP contribution in [-0.4, -0.2) is 16.7 Å². The van der Waals surface area contributed by atoms with Gasteiger partial charge in [-0.05, 0) is 30.9 Å². The minimum atomic E-state index is -0.334. The van der Waals surface area contributed by atoms with E-state index in [4.69, 9.17) is 4.74 Å². The molecule has 3 heteroatoms. The second-order valence-corrected chi connectivity index (χ2v) is 6.20. The van der Waals surface area contributed by atoms with Gasteiger partial charge in [-0.1, -0.05) is 44.2 Å². The molecule has 0 saturated carbocycles. The lowest BCUT2D eigenvalue weighted by molar-refractivity contribution is -0.112. The minimum Gasteiger partial charge on any atom is -0.346 e. The maximum atomic E-state index is 9.52. The second kappa shape index (κ2) is 5.20.